The van der Waals surface area contributed by atoms with Crippen molar-refractivity contribution in [1.82, 2.24) is 4.90 Å². The number of rotatable bonds is 5. The maximum absolute atomic E-state index is 13.7. The highest BCUT2D eigenvalue weighted by Gasteiger charge is 2.39. The number of carbonyl (C=O) groups is 2. The van der Waals surface area contributed by atoms with Crippen LogP contribution in [0.2, 0.25) is 10.0 Å². The van der Waals surface area contributed by atoms with Crippen LogP contribution in [-0.2, 0) is 6.54 Å². The van der Waals surface area contributed by atoms with Crippen LogP contribution in [0.1, 0.15) is 48.9 Å². The van der Waals surface area contributed by atoms with E-state index < -0.39 is 12.1 Å². The van der Waals surface area contributed by atoms with E-state index >= 15 is 0 Å². The van der Waals surface area contributed by atoms with Crippen molar-refractivity contribution in [1.29, 1.82) is 0 Å². The quantitative estimate of drug-likeness (QED) is 0.339. The molecule has 0 aromatic heterocycles. The monoisotopic (exact) mass is 503 g/mol. The summed E-state index contributed by atoms with van der Waals surface area (Å²) in [5.74, 6) is -2.61. The molecule has 2 amide bonds. The highest BCUT2D eigenvalue weighted by atomic mass is 35.5. The van der Waals surface area contributed by atoms with Crippen molar-refractivity contribution in [3.8, 4) is 0 Å². The summed E-state index contributed by atoms with van der Waals surface area (Å²) in [6.07, 6.45) is -2.10. The van der Waals surface area contributed by atoms with Gasteiger partial charge in [0.25, 0.3) is 11.8 Å². The van der Waals surface area contributed by atoms with E-state index in [4.69, 9.17) is 23.2 Å². The molecule has 0 N–H and O–H groups in total. The molecule has 1 aliphatic heterocycles. The molecule has 174 valence electrons. The van der Waals surface area contributed by atoms with Gasteiger partial charge in [-0.1, -0.05) is 65.7 Å². The molecule has 0 spiro atoms. The Hall–Kier alpha value is -3.09. The third-order valence-corrected chi connectivity index (χ3v) is 6.09. The fourth-order valence-corrected chi connectivity index (χ4v) is 4.47. The van der Waals surface area contributed by atoms with Crippen LogP contribution in [0, 0.1) is 6.92 Å². The molecule has 3 aromatic carbocycles. The highest BCUT2D eigenvalue weighted by molar-refractivity contribution is 6.34. The molecular formula is C26H18Cl2F3NO2. The van der Waals surface area contributed by atoms with Crippen molar-refractivity contribution in [2.45, 2.75) is 25.6 Å². The van der Waals surface area contributed by atoms with E-state index in [-0.39, 0.29) is 34.0 Å². The van der Waals surface area contributed by atoms with E-state index in [9.17, 15) is 22.8 Å². The molecule has 1 heterocycles. The smallest absolute Gasteiger partial charge is 0.270 e. The number of amides is 2. The average molecular weight is 504 g/mol. The number of imide groups is 1. The summed E-state index contributed by atoms with van der Waals surface area (Å²) >= 11 is 11.8. The van der Waals surface area contributed by atoms with Crippen LogP contribution in [0.25, 0.3) is 6.08 Å². The molecule has 0 saturated heterocycles. The zero-order valence-corrected chi connectivity index (χ0v) is 19.4. The normalized spacial score (nSPS) is 14.7. The number of benzene rings is 3. The van der Waals surface area contributed by atoms with Crippen LogP contribution in [0.4, 0.5) is 13.2 Å². The first-order valence-corrected chi connectivity index (χ1v) is 11.1. The van der Waals surface area contributed by atoms with Crippen molar-refractivity contribution in [2.24, 2.45) is 0 Å². The van der Waals surface area contributed by atoms with Crippen LogP contribution < -0.4 is 0 Å². The lowest BCUT2D eigenvalue weighted by molar-refractivity contribution is -0.139. The fraction of sp³-hybridized carbons (Fsp3) is 0.154. The molecule has 0 radical (unpaired) electrons. The van der Waals surface area contributed by atoms with Gasteiger partial charge in [-0.2, -0.15) is 13.2 Å². The van der Waals surface area contributed by atoms with Crippen LogP contribution in [0.15, 0.2) is 66.7 Å². The summed E-state index contributed by atoms with van der Waals surface area (Å²) in [7, 11) is 0. The lowest BCUT2D eigenvalue weighted by Gasteiger charge is -2.18. The zero-order valence-electron chi connectivity index (χ0n) is 17.9. The Bertz CT molecular complexity index is 1260. The molecular weight excluding hydrogens is 486 g/mol. The van der Waals surface area contributed by atoms with Gasteiger partial charge >= 0.3 is 6.18 Å². The lowest BCUT2D eigenvalue weighted by Crippen LogP contribution is -2.29. The number of allylic oxidation sites excluding steroid dienone is 1. The van der Waals surface area contributed by atoms with Gasteiger partial charge in [-0.25, -0.2) is 0 Å². The summed E-state index contributed by atoms with van der Waals surface area (Å²) in [6.45, 7) is 1.86. The summed E-state index contributed by atoms with van der Waals surface area (Å²) in [5, 5.41) is 0.247. The van der Waals surface area contributed by atoms with Gasteiger partial charge in [0, 0.05) is 10.0 Å². The molecule has 3 aromatic rings. The standard InChI is InChI=1S/C26H18Cl2F3NO2/c1-15-10-16(7-9-23(26(29,30)31)18-11-19(27)13-20(28)12-18)6-8-17(15)14-32-24(33)21-4-2-3-5-22(21)25(32)34/h2-13,23H,14H2,1H3/b9-7+. The molecule has 0 bridgehead atoms. The fourth-order valence-electron chi connectivity index (χ4n) is 3.92. The summed E-state index contributed by atoms with van der Waals surface area (Å²) in [4.78, 5) is 26.4. The number of carbonyl (C=O) groups excluding carboxylic acids is 2. The van der Waals surface area contributed by atoms with Crippen molar-refractivity contribution < 1.29 is 22.8 Å². The predicted molar refractivity (Wildman–Crippen MR) is 126 cm³/mol. The van der Waals surface area contributed by atoms with Gasteiger partial charge in [-0.3, -0.25) is 14.5 Å². The summed E-state index contributed by atoms with van der Waals surface area (Å²) in [5.41, 5.74) is 2.69. The SMILES string of the molecule is Cc1cc(/C=C/C(c2cc(Cl)cc(Cl)c2)C(F)(F)F)ccc1CN1C(=O)c2ccccc2C1=O. The summed E-state index contributed by atoms with van der Waals surface area (Å²) in [6, 6.07) is 15.5. The van der Waals surface area contributed by atoms with Crippen molar-refractivity contribution in [3.63, 3.8) is 0 Å². The number of hydrogen-bond acceptors (Lipinski definition) is 2. The van der Waals surface area contributed by atoms with E-state index in [0.29, 0.717) is 16.7 Å². The second-order valence-corrected chi connectivity index (χ2v) is 8.88. The Morgan fingerprint density at radius 1 is 0.912 bits per heavy atom. The number of fused-ring (bicyclic) bond motifs is 1. The van der Waals surface area contributed by atoms with Crippen LogP contribution in [0.5, 0.6) is 0 Å². The molecule has 4 rings (SSSR count). The van der Waals surface area contributed by atoms with Gasteiger partial charge in [0.15, 0.2) is 0 Å². The largest absolute Gasteiger partial charge is 0.399 e. The van der Waals surface area contributed by atoms with Crippen molar-refractivity contribution in [2.75, 3.05) is 0 Å². The minimum absolute atomic E-state index is 0.0554. The number of halogens is 5. The summed E-state index contributed by atoms with van der Waals surface area (Å²) < 4.78 is 41.2. The van der Waals surface area contributed by atoms with Gasteiger partial charge in [0.2, 0.25) is 0 Å². The maximum atomic E-state index is 13.7. The highest BCUT2D eigenvalue weighted by Crippen LogP contribution is 2.38. The molecule has 1 aliphatic rings. The van der Waals surface area contributed by atoms with E-state index in [1.165, 1.54) is 29.2 Å². The van der Waals surface area contributed by atoms with Crippen molar-refractivity contribution >= 4 is 41.1 Å². The molecule has 1 atom stereocenters. The molecule has 34 heavy (non-hydrogen) atoms. The van der Waals surface area contributed by atoms with Crippen LogP contribution in [0.3, 0.4) is 0 Å². The zero-order chi connectivity index (χ0) is 24.6. The maximum Gasteiger partial charge on any atom is 0.399 e. The third-order valence-electron chi connectivity index (χ3n) is 5.65. The second kappa shape index (κ2) is 9.28. The Balaban J connectivity index is 1.56. The topological polar surface area (TPSA) is 37.4 Å². The van der Waals surface area contributed by atoms with Crippen LogP contribution in [-0.4, -0.2) is 22.9 Å². The van der Waals surface area contributed by atoms with Gasteiger partial charge in [-0.05, 0) is 59.5 Å². The van der Waals surface area contributed by atoms with Crippen LogP contribution >= 0.6 is 23.2 Å². The number of aryl methyl sites for hydroxylation is 1. The van der Waals surface area contributed by atoms with E-state index in [2.05, 4.69) is 0 Å². The number of hydrogen-bond donors (Lipinski definition) is 0. The molecule has 0 saturated carbocycles. The van der Waals surface area contributed by atoms with Gasteiger partial charge in [-0.15, -0.1) is 0 Å². The number of nitrogens with zero attached hydrogens (tertiary/aromatic N) is 1. The van der Waals surface area contributed by atoms with Crippen molar-refractivity contribution in [3.05, 3.63) is 110 Å². The molecule has 8 heteroatoms. The predicted octanol–water partition coefficient (Wildman–Crippen LogP) is 7.46. The van der Waals surface area contributed by atoms with Gasteiger partial charge < -0.3 is 0 Å². The second-order valence-electron chi connectivity index (χ2n) is 8.01. The Morgan fingerprint density at radius 2 is 1.50 bits per heavy atom. The Labute approximate surface area is 204 Å². The first-order valence-electron chi connectivity index (χ1n) is 10.3. The first-order chi connectivity index (χ1) is 16.0. The minimum Gasteiger partial charge on any atom is -0.270 e. The Morgan fingerprint density at radius 3 is 2.03 bits per heavy atom. The molecule has 0 fully saturated rings. The van der Waals surface area contributed by atoms with E-state index in [1.54, 1.807) is 49.4 Å². The first kappa shape index (κ1) is 24.0. The minimum atomic E-state index is -4.54. The lowest BCUT2D eigenvalue weighted by atomic mass is 9.96. The molecule has 0 aliphatic carbocycles. The molecule has 1 unspecified atom stereocenters. The molecule has 3 nitrogen and oxygen atoms in total. The van der Waals surface area contributed by atoms with E-state index in [0.717, 1.165) is 17.2 Å². The third kappa shape index (κ3) is 4.88. The van der Waals surface area contributed by atoms with Gasteiger partial charge in [0.05, 0.1) is 23.6 Å². The van der Waals surface area contributed by atoms with Gasteiger partial charge in [0.1, 0.15) is 0 Å². The number of alkyl halides is 3. The Kier molecular flexibility index (Phi) is 6.56. The average Bonchev–Trinajstić information content (AvgIpc) is 2.99. The van der Waals surface area contributed by atoms with E-state index in [1.807, 2.05) is 0 Å².